The molecule has 0 N–H and O–H groups in total. The van der Waals surface area contributed by atoms with E-state index in [0.717, 1.165) is 51.3 Å². The maximum Gasteiger partial charge on any atom is 0.274 e. The number of unbranched alkanes of at least 4 members (excludes halogenated alkanes) is 1. The van der Waals surface area contributed by atoms with E-state index in [4.69, 9.17) is 9.15 Å². The third-order valence-corrected chi connectivity index (χ3v) is 3.94. The van der Waals surface area contributed by atoms with Gasteiger partial charge in [0.2, 0.25) is 0 Å². The molecule has 0 radical (unpaired) electrons. The molecule has 3 heterocycles. The van der Waals surface area contributed by atoms with E-state index in [1.165, 1.54) is 0 Å². The molecule has 0 bridgehead atoms. The fraction of sp³-hybridized carbons (Fsp3) is 0.500. The summed E-state index contributed by atoms with van der Waals surface area (Å²) in [5.74, 6) is 0. The van der Waals surface area contributed by atoms with Gasteiger partial charge in [-0.2, -0.15) is 5.10 Å². The van der Waals surface area contributed by atoms with Crippen molar-refractivity contribution in [3.63, 3.8) is 0 Å². The lowest BCUT2D eigenvalue weighted by Gasteiger charge is -2.26. The summed E-state index contributed by atoms with van der Waals surface area (Å²) in [4.78, 5) is 14.8. The Labute approximate surface area is 129 Å². The van der Waals surface area contributed by atoms with Gasteiger partial charge in [-0.1, -0.05) is 0 Å². The SMILES string of the molecule is O=c1c(-c2ccoc2)ccnn1CCCCN1CCOCC1. The van der Waals surface area contributed by atoms with Crippen LogP contribution in [0.3, 0.4) is 0 Å². The second kappa shape index (κ2) is 7.38. The maximum absolute atomic E-state index is 12.4. The van der Waals surface area contributed by atoms with Crippen LogP contribution in [0.4, 0.5) is 0 Å². The van der Waals surface area contributed by atoms with E-state index in [9.17, 15) is 4.79 Å². The van der Waals surface area contributed by atoms with Crippen LogP contribution in [0, 0.1) is 0 Å². The van der Waals surface area contributed by atoms with Crippen molar-refractivity contribution in [2.75, 3.05) is 32.8 Å². The van der Waals surface area contributed by atoms with Gasteiger partial charge < -0.3 is 9.15 Å². The molecule has 0 aromatic carbocycles. The molecule has 22 heavy (non-hydrogen) atoms. The van der Waals surface area contributed by atoms with Crippen LogP contribution in [-0.4, -0.2) is 47.5 Å². The molecule has 6 nitrogen and oxygen atoms in total. The number of ether oxygens (including phenoxy) is 1. The Kier molecular flexibility index (Phi) is 5.03. The molecule has 1 saturated heterocycles. The Hall–Kier alpha value is -1.92. The first kappa shape index (κ1) is 15.0. The summed E-state index contributed by atoms with van der Waals surface area (Å²) in [6.07, 6.45) is 6.83. The number of nitrogens with zero attached hydrogens (tertiary/aromatic N) is 3. The number of morpholine rings is 1. The van der Waals surface area contributed by atoms with Gasteiger partial charge in [0, 0.05) is 31.4 Å². The average molecular weight is 303 g/mol. The minimum absolute atomic E-state index is 0.0599. The van der Waals surface area contributed by atoms with Crippen molar-refractivity contribution in [1.29, 1.82) is 0 Å². The zero-order chi connectivity index (χ0) is 15.2. The second-order valence-electron chi connectivity index (χ2n) is 5.45. The van der Waals surface area contributed by atoms with Gasteiger partial charge in [-0.05, 0) is 31.5 Å². The Morgan fingerprint density at radius 1 is 1.14 bits per heavy atom. The summed E-state index contributed by atoms with van der Waals surface area (Å²) in [7, 11) is 0. The largest absolute Gasteiger partial charge is 0.472 e. The van der Waals surface area contributed by atoms with Crippen molar-refractivity contribution in [2.24, 2.45) is 0 Å². The third kappa shape index (κ3) is 3.64. The average Bonchev–Trinajstić information content (AvgIpc) is 3.08. The summed E-state index contributed by atoms with van der Waals surface area (Å²) in [6.45, 7) is 5.37. The van der Waals surface area contributed by atoms with Crippen LogP contribution >= 0.6 is 0 Å². The van der Waals surface area contributed by atoms with Gasteiger partial charge in [-0.25, -0.2) is 4.68 Å². The predicted octanol–water partition coefficient (Wildman–Crippen LogP) is 1.62. The molecule has 0 amide bonds. The van der Waals surface area contributed by atoms with Crippen molar-refractivity contribution < 1.29 is 9.15 Å². The van der Waals surface area contributed by atoms with E-state index < -0.39 is 0 Å². The van der Waals surface area contributed by atoms with Crippen LogP contribution in [0.5, 0.6) is 0 Å². The molecule has 3 rings (SSSR count). The molecular formula is C16H21N3O3. The Balaban J connectivity index is 1.54. The van der Waals surface area contributed by atoms with Crippen LogP contribution in [0.25, 0.3) is 11.1 Å². The molecule has 1 aliphatic heterocycles. The Morgan fingerprint density at radius 2 is 1.95 bits per heavy atom. The Morgan fingerprint density at radius 3 is 2.73 bits per heavy atom. The van der Waals surface area contributed by atoms with Crippen molar-refractivity contribution in [2.45, 2.75) is 19.4 Å². The lowest BCUT2D eigenvalue weighted by molar-refractivity contribution is 0.0370. The van der Waals surface area contributed by atoms with Gasteiger partial charge in [0.15, 0.2) is 0 Å². The molecule has 0 aliphatic carbocycles. The van der Waals surface area contributed by atoms with Crippen LogP contribution in [-0.2, 0) is 11.3 Å². The minimum atomic E-state index is -0.0599. The minimum Gasteiger partial charge on any atom is -0.472 e. The summed E-state index contributed by atoms with van der Waals surface area (Å²) in [5.41, 5.74) is 1.38. The summed E-state index contributed by atoms with van der Waals surface area (Å²) in [5, 5.41) is 4.17. The lowest BCUT2D eigenvalue weighted by Crippen LogP contribution is -2.37. The highest BCUT2D eigenvalue weighted by Crippen LogP contribution is 2.14. The number of furan rings is 1. The fourth-order valence-corrected chi connectivity index (χ4v) is 2.67. The third-order valence-electron chi connectivity index (χ3n) is 3.94. The van der Waals surface area contributed by atoms with E-state index in [-0.39, 0.29) is 5.56 Å². The van der Waals surface area contributed by atoms with Gasteiger partial charge in [0.1, 0.15) is 0 Å². The number of aromatic nitrogens is 2. The highest BCUT2D eigenvalue weighted by Gasteiger charge is 2.10. The molecule has 2 aromatic heterocycles. The molecule has 2 aromatic rings. The Bertz CT molecular complexity index is 630. The molecule has 0 atom stereocenters. The molecule has 118 valence electrons. The lowest BCUT2D eigenvalue weighted by atomic mass is 10.2. The number of aryl methyl sites for hydroxylation is 1. The van der Waals surface area contributed by atoms with E-state index in [1.54, 1.807) is 35.5 Å². The quantitative estimate of drug-likeness (QED) is 0.759. The van der Waals surface area contributed by atoms with E-state index in [0.29, 0.717) is 12.1 Å². The zero-order valence-electron chi connectivity index (χ0n) is 12.6. The number of hydrogen-bond acceptors (Lipinski definition) is 5. The fourth-order valence-electron chi connectivity index (χ4n) is 2.67. The van der Waals surface area contributed by atoms with Crippen molar-refractivity contribution in [3.05, 3.63) is 41.2 Å². The van der Waals surface area contributed by atoms with E-state index >= 15 is 0 Å². The second-order valence-corrected chi connectivity index (χ2v) is 5.45. The van der Waals surface area contributed by atoms with Crippen LogP contribution < -0.4 is 5.56 Å². The summed E-state index contributed by atoms with van der Waals surface area (Å²) >= 11 is 0. The molecule has 0 unspecified atom stereocenters. The first-order chi connectivity index (χ1) is 10.8. The standard InChI is InChI=1S/C16H21N3O3/c20-16-15(14-4-10-22-13-14)3-5-17-19(16)7-2-1-6-18-8-11-21-12-9-18/h3-5,10,13H,1-2,6-9,11-12H2. The predicted molar refractivity (Wildman–Crippen MR) is 82.7 cm³/mol. The number of hydrogen-bond donors (Lipinski definition) is 0. The molecule has 1 aliphatic rings. The topological polar surface area (TPSA) is 60.5 Å². The monoisotopic (exact) mass is 303 g/mol. The van der Waals surface area contributed by atoms with Gasteiger partial charge in [0.05, 0.1) is 31.3 Å². The van der Waals surface area contributed by atoms with Crippen molar-refractivity contribution in [1.82, 2.24) is 14.7 Å². The molecule has 6 heteroatoms. The van der Waals surface area contributed by atoms with E-state index in [1.807, 2.05) is 0 Å². The molecule has 0 spiro atoms. The summed E-state index contributed by atoms with van der Waals surface area (Å²) in [6, 6.07) is 3.52. The van der Waals surface area contributed by atoms with Crippen LogP contribution in [0.2, 0.25) is 0 Å². The summed E-state index contributed by atoms with van der Waals surface area (Å²) < 4.78 is 11.9. The van der Waals surface area contributed by atoms with Crippen molar-refractivity contribution >= 4 is 0 Å². The zero-order valence-corrected chi connectivity index (χ0v) is 12.6. The van der Waals surface area contributed by atoms with E-state index in [2.05, 4.69) is 10.00 Å². The highest BCUT2D eigenvalue weighted by atomic mass is 16.5. The molecule has 1 fully saturated rings. The van der Waals surface area contributed by atoms with Crippen LogP contribution in [0.1, 0.15) is 12.8 Å². The first-order valence-electron chi connectivity index (χ1n) is 7.73. The normalized spacial score (nSPS) is 16.0. The first-order valence-corrected chi connectivity index (χ1v) is 7.73. The smallest absolute Gasteiger partial charge is 0.274 e. The molecular weight excluding hydrogens is 282 g/mol. The van der Waals surface area contributed by atoms with Gasteiger partial charge in [-0.15, -0.1) is 0 Å². The van der Waals surface area contributed by atoms with Crippen molar-refractivity contribution in [3.8, 4) is 11.1 Å². The van der Waals surface area contributed by atoms with Gasteiger partial charge in [-0.3, -0.25) is 9.69 Å². The van der Waals surface area contributed by atoms with Crippen LogP contribution in [0.15, 0.2) is 40.1 Å². The highest BCUT2D eigenvalue weighted by molar-refractivity contribution is 5.60. The van der Waals surface area contributed by atoms with Gasteiger partial charge in [0.25, 0.3) is 5.56 Å². The van der Waals surface area contributed by atoms with Gasteiger partial charge >= 0.3 is 0 Å². The maximum atomic E-state index is 12.4. The number of rotatable bonds is 6. The molecule has 0 saturated carbocycles.